The molecular weight excluding hydrogens is 270 g/mol. The highest BCUT2D eigenvalue weighted by Gasteiger charge is 2.19. The normalized spacial score (nSPS) is 18.0. The van der Waals surface area contributed by atoms with E-state index in [1.165, 1.54) is 0 Å². The van der Waals surface area contributed by atoms with Gasteiger partial charge in [0.05, 0.1) is 24.5 Å². The molecule has 0 saturated carbocycles. The van der Waals surface area contributed by atoms with Crippen LogP contribution in [-0.2, 0) is 11.3 Å². The smallest absolute Gasteiger partial charge is 0.185 e. The minimum absolute atomic E-state index is 0.310. The minimum Gasteiger partial charge on any atom is -0.494 e. The predicted molar refractivity (Wildman–Crippen MR) is 77.8 cm³/mol. The number of benzene rings is 1. The summed E-state index contributed by atoms with van der Waals surface area (Å²) in [6.45, 7) is 1.57. The first kappa shape index (κ1) is 13.8. The van der Waals surface area contributed by atoms with Crippen LogP contribution < -0.4 is 10.5 Å². The number of aromatic nitrogens is 4. The number of methoxy groups -OCH3 is 1. The molecule has 1 aliphatic rings. The molecular formula is C14H19N5O2. The Morgan fingerprint density at radius 2 is 2.38 bits per heavy atom. The third kappa shape index (κ3) is 2.82. The lowest BCUT2D eigenvalue weighted by atomic mass is 10.1. The van der Waals surface area contributed by atoms with E-state index in [0.29, 0.717) is 29.9 Å². The third-order valence-corrected chi connectivity index (χ3v) is 3.71. The second-order valence-corrected chi connectivity index (χ2v) is 5.08. The molecule has 0 spiro atoms. The van der Waals surface area contributed by atoms with E-state index in [1.807, 2.05) is 12.1 Å². The Morgan fingerprint density at radius 1 is 1.48 bits per heavy atom. The van der Waals surface area contributed by atoms with Crippen LogP contribution in [0.5, 0.6) is 5.75 Å². The van der Waals surface area contributed by atoms with Gasteiger partial charge in [0.2, 0.25) is 0 Å². The summed E-state index contributed by atoms with van der Waals surface area (Å²) in [7, 11) is 1.59. The highest BCUT2D eigenvalue weighted by atomic mass is 16.5. The Labute approximate surface area is 123 Å². The van der Waals surface area contributed by atoms with Crippen molar-refractivity contribution < 1.29 is 9.47 Å². The lowest BCUT2D eigenvalue weighted by Gasteiger charge is -2.12. The Bertz CT molecular complexity index is 607. The van der Waals surface area contributed by atoms with Gasteiger partial charge >= 0.3 is 0 Å². The number of hydrogen-bond donors (Lipinski definition) is 1. The molecule has 1 aromatic heterocycles. The first-order chi connectivity index (χ1) is 10.3. The van der Waals surface area contributed by atoms with Gasteiger partial charge in [0.15, 0.2) is 11.6 Å². The van der Waals surface area contributed by atoms with Crippen LogP contribution in [0, 0.1) is 0 Å². The molecule has 112 valence electrons. The zero-order valence-corrected chi connectivity index (χ0v) is 12.0. The molecule has 0 bridgehead atoms. The average molecular weight is 289 g/mol. The molecule has 1 saturated heterocycles. The van der Waals surface area contributed by atoms with Crippen molar-refractivity contribution >= 4 is 5.69 Å². The lowest BCUT2D eigenvalue weighted by Crippen LogP contribution is -2.12. The molecule has 1 aliphatic heterocycles. The first-order valence-electron chi connectivity index (χ1n) is 7.10. The largest absolute Gasteiger partial charge is 0.494 e. The van der Waals surface area contributed by atoms with E-state index < -0.39 is 0 Å². The molecule has 7 heteroatoms. The van der Waals surface area contributed by atoms with Crippen LogP contribution >= 0.6 is 0 Å². The third-order valence-electron chi connectivity index (χ3n) is 3.71. The maximum atomic E-state index is 5.94. The maximum absolute atomic E-state index is 5.94. The second-order valence-electron chi connectivity index (χ2n) is 5.08. The standard InChI is InChI=1S/C14H19N5O2/c1-20-13-11(5-2-6-12(13)15)14-16-17-18-19(14)8-7-10-4-3-9-21-10/h2,5-6,10H,3-4,7-9,15H2,1H3. The molecule has 0 aliphatic carbocycles. The number of tetrazole rings is 1. The summed E-state index contributed by atoms with van der Waals surface area (Å²) >= 11 is 0. The van der Waals surface area contributed by atoms with Crippen LogP contribution in [0.3, 0.4) is 0 Å². The van der Waals surface area contributed by atoms with Crippen LogP contribution in [0.1, 0.15) is 19.3 Å². The van der Waals surface area contributed by atoms with E-state index in [4.69, 9.17) is 15.2 Å². The number of ether oxygens (including phenoxy) is 2. The fourth-order valence-electron chi connectivity index (χ4n) is 2.65. The minimum atomic E-state index is 0.310. The topological polar surface area (TPSA) is 88.1 Å². The summed E-state index contributed by atoms with van der Waals surface area (Å²) < 4.78 is 12.8. The molecule has 0 radical (unpaired) electrons. The predicted octanol–water partition coefficient (Wildman–Crippen LogP) is 1.50. The van der Waals surface area contributed by atoms with Crippen molar-refractivity contribution in [2.45, 2.75) is 31.9 Å². The Hall–Kier alpha value is -2.15. The van der Waals surface area contributed by atoms with Crippen LogP contribution in [0.2, 0.25) is 0 Å². The average Bonchev–Trinajstić information content (AvgIpc) is 3.16. The molecule has 2 heterocycles. The molecule has 1 aromatic carbocycles. The quantitative estimate of drug-likeness (QED) is 0.839. The lowest BCUT2D eigenvalue weighted by molar-refractivity contribution is 0.0994. The summed E-state index contributed by atoms with van der Waals surface area (Å²) in [4.78, 5) is 0. The number of nitrogen functional groups attached to an aromatic ring is 1. The fourth-order valence-corrected chi connectivity index (χ4v) is 2.65. The summed E-state index contributed by atoms with van der Waals surface area (Å²) in [5, 5.41) is 11.9. The van der Waals surface area contributed by atoms with Gasteiger partial charge in [-0.15, -0.1) is 5.10 Å². The van der Waals surface area contributed by atoms with E-state index in [1.54, 1.807) is 17.9 Å². The highest BCUT2D eigenvalue weighted by Crippen LogP contribution is 2.33. The van der Waals surface area contributed by atoms with Gasteiger partial charge in [-0.1, -0.05) is 6.07 Å². The van der Waals surface area contributed by atoms with Crippen LogP contribution in [-0.4, -0.2) is 40.0 Å². The van der Waals surface area contributed by atoms with Crippen LogP contribution in [0.4, 0.5) is 5.69 Å². The van der Waals surface area contributed by atoms with Crippen molar-refractivity contribution in [3.05, 3.63) is 18.2 Å². The summed E-state index contributed by atoms with van der Waals surface area (Å²) in [6, 6.07) is 5.57. The van der Waals surface area contributed by atoms with Crippen LogP contribution in [0.25, 0.3) is 11.4 Å². The Morgan fingerprint density at radius 3 is 3.14 bits per heavy atom. The molecule has 0 amide bonds. The molecule has 1 unspecified atom stereocenters. The van der Waals surface area contributed by atoms with Crippen molar-refractivity contribution in [3.63, 3.8) is 0 Å². The van der Waals surface area contributed by atoms with Crippen molar-refractivity contribution in [3.8, 4) is 17.1 Å². The molecule has 2 N–H and O–H groups in total. The number of nitrogens with two attached hydrogens (primary N) is 1. The number of aryl methyl sites for hydroxylation is 1. The van der Waals surface area contributed by atoms with Gasteiger partial charge in [-0.25, -0.2) is 4.68 Å². The maximum Gasteiger partial charge on any atom is 0.185 e. The van der Waals surface area contributed by atoms with Crippen molar-refractivity contribution in [1.82, 2.24) is 20.2 Å². The van der Waals surface area contributed by atoms with E-state index in [2.05, 4.69) is 15.5 Å². The van der Waals surface area contributed by atoms with Gasteiger partial charge in [0, 0.05) is 13.2 Å². The monoisotopic (exact) mass is 289 g/mol. The Balaban J connectivity index is 1.83. The van der Waals surface area contributed by atoms with Gasteiger partial charge in [0.1, 0.15) is 0 Å². The number of anilines is 1. The van der Waals surface area contributed by atoms with E-state index in [9.17, 15) is 0 Å². The van der Waals surface area contributed by atoms with Gasteiger partial charge < -0.3 is 15.2 Å². The van der Waals surface area contributed by atoms with Gasteiger partial charge in [-0.05, 0) is 41.8 Å². The molecule has 2 aromatic rings. The summed E-state index contributed by atoms with van der Waals surface area (Å²) in [5.74, 6) is 1.27. The molecule has 21 heavy (non-hydrogen) atoms. The molecule has 1 atom stereocenters. The number of hydrogen-bond acceptors (Lipinski definition) is 6. The van der Waals surface area contributed by atoms with E-state index >= 15 is 0 Å². The van der Waals surface area contributed by atoms with Gasteiger partial charge in [0.25, 0.3) is 0 Å². The van der Waals surface area contributed by atoms with E-state index in [0.717, 1.165) is 31.4 Å². The highest BCUT2D eigenvalue weighted by molar-refractivity contribution is 5.73. The van der Waals surface area contributed by atoms with Gasteiger partial charge in [-0.2, -0.15) is 0 Å². The van der Waals surface area contributed by atoms with Crippen molar-refractivity contribution in [1.29, 1.82) is 0 Å². The first-order valence-corrected chi connectivity index (χ1v) is 7.10. The molecule has 7 nitrogen and oxygen atoms in total. The van der Waals surface area contributed by atoms with E-state index in [-0.39, 0.29) is 0 Å². The van der Waals surface area contributed by atoms with Gasteiger partial charge in [-0.3, -0.25) is 0 Å². The Kier molecular flexibility index (Phi) is 4.01. The fraction of sp³-hybridized carbons (Fsp3) is 0.500. The SMILES string of the molecule is COc1c(N)cccc1-c1nnnn1CCC1CCCO1. The number of para-hydroxylation sites is 1. The number of nitrogens with zero attached hydrogens (tertiary/aromatic N) is 4. The summed E-state index contributed by atoms with van der Waals surface area (Å²) in [6.07, 6.45) is 3.46. The molecule has 1 fully saturated rings. The van der Waals surface area contributed by atoms with Crippen molar-refractivity contribution in [2.24, 2.45) is 0 Å². The zero-order valence-electron chi connectivity index (χ0n) is 12.0. The van der Waals surface area contributed by atoms with Crippen LogP contribution in [0.15, 0.2) is 18.2 Å². The number of rotatable bonds is 5. The zero-order chi connectivity index (χ0) is 14.7. The van der Waals surface area contributed by atoms with Crippen molar-refractivity contribution in [2.75, 3.05) is 19.5 Å². The second kappa shape index (κ2) is 6.09. The molecule has 3 rings (SSSR count). The summed E-state index contributed by atoms with van der Waals surface area (Å²) in [5.41, 5.74) is 7.31.